The number of benzene rings is 8. The Hall–Kier alpha value is -6.42. The summed E-state index contributed by atoms with van der Waals surface area (Å²) >= 11 is 0. The van der Waals surface area contributed by atoms with Crippen molar-refractivity contribution in [2.45, 2.75) is 0 Å². The molecule has 0 atom stereocenters. The maximum absolute atomic E-state index is 3.02. The standard InChI is InChI=1S/C48H38N2Si/c1-7-22-39(23-8-1)49(40-24-9-2-10-25-40)43-30-21-35-46(38-43)51(44-31-15-5-16-32-44,45-33-17-6-18-34-45)48-37-20-19-36-47(48)50(41-26-11-3-12-27-41)42-28-13-4-14-29-42/h1-38H. The van der Waals surface area contributed by atoms with E-state index in [1.807, 2.05) is 0 Å². The molecule has 8 rings (SSSR count). The summed E-state index contributed by atoms with van der Waals surface area (Å²) in [6.07, 6.45) is 0. The molecular weight excluding hydrogens is 633 g/mol. The minimum Gasteiger partial charge on any atom is -0.311 e. The highest BCUT2D eigenvalue weighted by Gasteiger charge is 2.44. The van der Waals surface area contributed by atoms with Gasteiger partial charge in [-0.2, -0.15) is 0 Å². The summed E-state index contributed by atoms with van der Waals surface area (Å²) in [6.45, 7) is 0. The molecule has 0 heterocycles. The number of rotatable bonds is 10. The van der Waals surface area contributed by atoms with Gasteiger partial charge in [0.15, 0.2) is 8.07 Å². The van der Waals surface area contributed by atoms with E-state index in [1.54, 1.807) is 0 Å². The molecule has 51 heavy (non-hydrogen) atoms. The van der Waals surface area contributed by atoms with Crippen molar-refractivity contribution in [3.05, 3.63) is 231 Å². The van der Waals surface area contributed by atoms with Crippen molar-refractivity contribution in [1.29, 1.82) is 0 Å². The van der Waals surface area contributed by atoms with Gasteiger partial charge < -0.3 is 9.80 Å². The molecule has 0 aromatic heterocycles. The molecular formula is C48H38N2Si. The van der Waals surface area contributed by atoms with Gasteiger partial charge in [0.25, 0.3) is 0 Å². The van der Waals surface area contributed by atoms with Gasteiger partial charge in [0.05, 0.1) is 0 Å². The monoisotopic (exact) mass is 670 g/mol. The topological polar surface area (TPSA) is 6.48 Å². The molecule has 0 aliphatic rings. The Morgan fingerprint density at radius 3 is 1.04 bits per heavy atom. The van der Waals surface area contributed by atoms with E-state index >= 15 is 0 Å². The molecule has 0 saturated carbocycles. The lowest BCUT2D eigenvalue weighted by molar-refractivity contribution is 1.28. The van der Waals surface area contributed by atoms with Gasteiger partial charge in [-0.15, -0.1) is 0 Å². The van der Waals surface area contributed by atoms with Crippen LogP contribution in [0.3, 0.4) is 0 Å². The molecule has 0 N–H and O–H groups in total. The van der Waals surface area contributed by atoms with Gasteiger partial charge in [0.2, 0.25) is 0 Å². The van der Waals surface area contributed by atoms with E-state index in [1.165, 1.54) is 26.4 Å². The van der Waals surface area contributed by atoms with Gasteiger partial charge in [-0.25, -0.2) is 0 Å². The normalized spacial score (nSPS) is 11.1. The molecule has 3 heteroatoms. The Morgan fingerprint density at radius 2 is 0.588 bits per heavy atom. The van der Waals surface area contributed by atoms with E-state index < -0.39 is 8.07 Å². The van der Waals surface area contributed by atoms with E-state index in [4.69, 9.17) is 0 Å². The predicted octanol–water partition coefficient (Wildman–Crippen LogP) is 10.0. The van der Waals surface area contributed by atoms with Crippen molar-refractivity contribution >= 4 is 62.9 Å². The van der Waals surface area contributed by atoms with Gasteiger partial charge in [-0.1, -0.05) is 164 Å². The van der Waals surface area contributed by atoms with Crippen LogP contribution in [0, 0.1) is 0 Å². The zero-order chi connectivity index (χ0) is 34.3. The van der Waals surface area contributed by atoms with Crippen LogP contribution in [0.5, 0.6) is 0 Å². The van der Waals surface area contributed by atoms with Crippen LogP contribution in [0.25, 0.3) is 0 Å². The van der Waals surface area contributed by atoms with E-state index in [-0.39, 0.29) is 0 Å². The molecule has 0 aliphatic heterocycles. The van der Waals surface area contributed by atoms with Crippen LogP contribution in [0.1, 0.15) is 0 Å². The molecule has 0 spiro atoms. The van der Waals surface area contributed by atoms with Gasteiger partial charge in [-0.3, -0.25) is 0 Å². The molecule has 0 fully saturated rings. The Bertz CT molecular complexity index is 2180. The van der Waals surface area contributed by atoms with Crippen molar-refractivity contribution in [1.82, 2.24) is 0 Å². The summed E-state index contributed by atoms with van der Waals surface area (Å²) in [4.78, 5) is 4.79. The van der Waals surface area contributed by atoms with E-state index in [0.29, 0.717) is 0 Å². The van der Waals surface area contributed by atoms with E-state index in [9.17, 15) is 0 Å². The van der Waals surface area contributed by atoms with Crippen LogP contribution in [0.2, 0.25) is 0 Å². The molecule has 0 amide bonds. The second-order valence-electron chi connectivity index (χ2n) is 12.6. The van der Waals surface area contributed by atoms with Crippen LogP contribution >= 0.6 is 0 Å². The molecule has 8 aromatic carbocycles. The smallest absolute Gasteiger partial charge is 0.181 e. The van der Waals surface area contributed by atoms with Crippen molar-refractivity contribution in [3.8, 4) is 0 Å². The van der Waals surface area contributed by atoms with E-state index in [2.05, 4.69) is 240 Å². The highest BCUT2D eigenvalue weighted by Crippen LogP contribution is 2.36. The zero-order valence-corrected chi connectivity index (χ0v) is 29.3. The SMILES string of the molecule is c1ccc(N(c2ccccc2)c2cccc([Si](c3ccccc3)(c3ccccc3)c3ccccc3N(c3ccccc3)c3ccccc3)c2)cc1. The maximum atomic E-state index is 2.44. The first-order chi connectivity index (χ1) is 25.3. The molecule has 0 aliphatic carbocycles. The first-order valence-electron chi connectivity index (χ1n) is 17.5. The number of nitrogens with zero attached hydrogens (tertiary/aromatic N) is 2. The van der Waals surface area contributed by atoms with Gasteiger partial charge >= 0.3 is 0 Å². The Morgan fingerprint density at radius 1 is 0.255 bits per heavy atom. The highest BCUT2D eigenvalue weighted by molar-refractivity contribution is 7.20. The Balaban J connectivity index is 1.45. The number of para-hydroxylation sites is 5. The quantitative estimate of drug-likeness (QED) is 0.106. The Labute approximate surface area is 302 Å². The molecule has 0 unspecified atom stereocenters. The average molecular weight is 671 g/mol. The molecule has 0 radical (unpaired) electrons. The van der Waals surface area contributed by atoms with Crippen LogP contribution in [0.15, 0.2) is 231 Å². The Kier molecular flexibility index (Phi) is 9.10. The third-order valence-corrected chi connectivity index (χ3v) is 14.4. The third-order valence-electron chi connectivity index (χ3n) is 9.56. The zero-order valence-electron chi connectivity index (χ0n) is 28.3. The van der Waals surface area contributed by atoms with Crippen molar-refractivity contribution < 1.29 is 0 Å². The third kappa shape index (κ3) is 6.16. The van der Waals surface area contributed by atoms with Gasteiger partial charge in [0, 0.05) is 34.1 Å². The highest BCUT2D eigenvalue weighted by atomic mass is 28.3. The largest absolute Gasteiger partial charge is 0.311 e. The van der Waals surface area contributed by atoms with Crippen LogP contribution in [-0.4, -0.2) is 8.07 Å². The van der Waals surface area contributed by atoms with Crippen molar-refractivity contribution in [3.63, 3.8) is 0 Å². The fourth-order valence-electron chi connectivity index (χ4n) is 7.39. The lowest BCUT2D eigenvalue weighted by Crippen LogP contribution is -2.75. The summed E-state index contributed by atoms with van der Waals surface area (Å²) in [5, 5.41) is 5.28. The summed E-state index contributed by atoms with van der Waals surface area (Å²) in [5.74, 6) is 0. The summed E-state index contributed by atoms with van der Waals surface area (Å²) in [5.41, 5.74) is 6.76. The number of anilines is 6. The van der Waals surface area contributed by atoms with Crippen LogP contribution < -0.4 is 30.5 Å². The van der Waals surface area contributed by atoms with Crippen LogP contribution in [-0.2, 0) is 0 Å². The minimum absolute atomic E-state index is 1.12. The van der Waals surface area contributed by atoms with Crippen molar-refractivity contribution in [2.75, 3.05) is 9.80 Å². The molecule has 244 valence electrons. The summed E-state index contributed by atoms with van der Waals surface area (Å²) < 4.78 is 0. The minimum atomic E-state index is -3.02. The maximum Gasteiger partial charge on any atom is 0.181 e. The first kappa shape index (κ1) is 31.8. The fourth-order valence-corrected chi connectivity index (χ4v) is 12.3. The lowest BCUT2D eigenvalue weighted by Gasteiger charge is -2.39. The second kappa shape index (κ2) is 14.6. The predicted molar refractivity (Wildman–Crippen MR) is 219 cm³/mol. The first-order valence-corrected chi connectivity index (χ1v) is 19.5. The molecule has 0 saturated heterocycles. The van der Waals surface area contributed by atoms with E-state index in [0.717, 1.165) is 28.4 Å². The average Bonchev–Trinajstić information content (AvgIpc) is 3.22. The molecule has 2 nitrogen and oxygen atoms in total. The second-order valence-corrected chi connectivity index (χ2v) is 16.3. The van der Waals surface area contributed by atoms with Gasteiger partial charge in [0.1, 0.15) is 0 Å². The fraction of sp³-hybridized carbons (Fsp3) is 0. The molecule has 8 aromatic rings. The van der Waals surface area contributed by atoms with Gasteiger partial charge in [-0.05, 0) is 87.5 Å². The summed E-state index contributed by atoms with van der Waals surface area (Å²) in [6, 6.07) is 83.6. The molecule has 0 bridgehead atoms. The number of hydrogen-bond acceptors (Lipinski definition) is 2. The number of hydrogen-bond donors (Lipinski definition) is 0. The van der Waals surface area contributed by atoms with Crippen LogP contribution in [0.4, 0.5) is 34.1 Å². The van der Waals surface area contributed by atoms with Crippen molar-refractivity contribution in [2.24, 2.45) is 0 Å². The lowest BCUT2D eigenvalue weighted by atomic mass is 10.2. The summed E-state index contributed by atoms with van der Waals surface area (Å²) in [7, 11) is -3.02.